The van der Waals surface area contributed by atoms with E-state index in [1.165, 1.54) is 21.7 Å². The molecule has 5 aromatic rings. The molecule has 0 unspecified atom stereocenters. The van der Waals surface area contributed by atoms with Crippen LogP contribution in [0.25, 0.3) is 21.9 Å². The molecule has 8 heteroatoms. The number of rotatable bonds is 4. The Hall–Kier alpha value is -4.77. The highest BCUT2D eigenvalue weighted by atomic mass is 19.1. The summed E-state index contributed by atoms with van der Waals surface area (Å²) in [6, 6.07) is 11.2. The number of fused-ring (bicyclic) bond motifs is 2. The van der Waals surface area contributed by atoms with Crippen LogP contribution >= 0.6 is 0 Å². The van der Waals surface area contributed by atoms with E-state index < -0.39 is 11.6 Å². The Morgan fingerprint density at radius 1 is 1.22 bits per heavy atom. The Labute approximate surface area is 206 Å². The highest BCUT2D eigenvalue weighted by Gasteiger charge is 2.23. The summed E-state index contributed by atoms with van der Waals surface area (Å²) in [6.07, 6.45) is 10.6. The SMILES string of the molecule is C#Cc1cccc2c1c(C(=O)c1ccc(C[n+]3c(C)[nH]c4cnccc43)c(F)c1)cn2C(=O)N(C)C. The Bertz CT molecular complexity index is 1720. The molecule has 0 aliphatic carbocycles. The molecule has 1 amide bonds. The van der Waals surface area contributed by atoms with Gasteiger partial charge in [0, 0.05) is 67.1 Å². The molecule has 36 heavy (non-hydrogen) atoms. The van der Waals surface area contributed by atoms with Crippen molar-refractivity contribution in [2.45, 2.75) is 13.5 Å². The molecular weight excluding hydrogens is 457 g/mol. The number of carbonyl (C=O) groups excluding carboxylic acids is 2. The van der Waals surface area contributed by atoms with E-state index in [0.29, 0.717) is 22.0 Å². The lowest BCUT2D eigenvalue weighted by atomic mass is 9.98. The standard InChI is InChI=1S/C28H22FN5O2/c1-5-18-7-6-8-25-26(18)21(16-34(25)28(36)32(3)4)27(35)19-9-10-20(22(29)13-19)15-33-17(2)31-23-14-30-12-11-24(23)33/h1,6-14,16H,15H2,2-4H3/p+1. The quantitative estimate of drug-likeness (QED) is 0.240. The van der Waals surface area contributed by atoms with E-state index in [1.807, 2.05) is 17.6 Å². The zero-order chi connectivity index (χ0) is 25.6. The molecular formula is C28H23FN5O2+. The van der Waals surface area contributed by atoms with E-state index in [-0.39, 0.29) is 23.7 Å². The Kier molecular flexibility index (Phi) is 5.61. The van der Waals surface area contributed by atoms with Gasteiger partial charge in [0.15, 0.2) is 16.8 Å². The van der Waals surface area contributed by atoms with Crippen molar-refractivity contribution < 1.29 is 18.5 Å². The molecule has 7 nitrogen and oxygen atoms in total. The fraction of sp³-hybridized carbons (Fsp3) is 0.143. The first-order valence-corrected chi connectivity index (χ1v) is 11.3. The molecule has 178 valence electrons. The van der Waals surface area contributed by atoms with Crippen LogP contribution in [0.4, 0.5) is 9.18 Å². The van der Waals surface area contributed by atoms with Gasteiger partial charge in [0.25, 0.3) is 5.82 Å². The third-order valence-corrected chi connectivity index (χ3v) is 6.27. The average molecular weight is 481 g/mol. The number of terminal acetylenes is 1. The summed E-state index contributed by atoms with van der Waals surface area (Å²) in [5.74, 6) is 2.53. The number of nitrogens with one attached hydrogen (secondary N) is 1. The number of imidazole rings is 1. The van der Waals surface area contributed by atoms with Crippen molar-refractivity contribution >= 4 is 33.8 Å². The number of halogens is 1. The van der Waals surface area contributed by atoms with Crippen LogP contribution < -0.4 is 4.57 Å². The molecule has 3 heterocycles. The van der Waals surface area contributed by atoms with Gasteiger partial charge in [-0.3, -0.25) is 14.3 Å². The molecule has 5 rings (SSSR count). The summed E-state index contributed by atoms with van der Waals surface area (Å²) in [7, 11) is 3.25. The van der Waals surface area contributed by atoms with E-state index in [1.54, 1.807) is 56.8 Å². The minimum atomic E-state index is -0.499. The van der Waals surface area contributed by atoms with Crippen molar-refractivity contribution in [3.63, 3.8) is 0 Å². The second-order valence-corrected chi connectivity index (χ2v) is 8.76. The van der Waals surface area contributed by atoms with E-state index in [0.717, 1.165) is 16.9 Å². The number of H-pyrrole nitrogens is 1. The zero-order valence-electron chi connectivity index (χ0n) is 20.0. The maximum atomic E-state index is 15.3. The predicted molar refractivity (Wildman–Crippen MR) is 134 cm³/mol. The van der Waals surface area contributed by atoms with Crippen LogP contribution in [0, 0.1) is 25.1 Å². The van der Waals surface area contributed by atoms with Gasteiger partial charge in [-0.2, -0.15) is 0 Å². The number of pyridine rings is 1. The van der Waals surface area contributed by atoms with Gasteiger partial charge in [-0.25, -0.2) is 18.7 Å². The Morgan fingerprint density at radius 2 is 2.03 bits per heavy atom. The molecule has 0 spiro atoms. The molecule has 0 saturated carbocycles. The first kappa shape index (κ1) is 23.0. The molecule has 0 aliphatic heterocycles. The minimum absolute atomic E-state index is 0.171. The molecule has 0 bridgehead atoms. The fourth-order valence-electron chi connectivity index (χ4n) is 4.46. The third-order valence-electron chi connectivity index (χ3n) is 6.27. The predicted octanol–water partition coefficient (Wildman–Crippen LogP) is 4.04. The number of aromatic nitrogens is 4. The second kappa shape index (κ2) is 8.78. The number of ketones is 1. The highest BCUT2D eigenvalue weighted by molar-refractivity contribution is 6.18. The molecule has 1 N–H and O–H groups in total. The van der Waals surface area contributed by atoms with E-state index in [2.05, 4.69) is 15.9 Å². The Balaban J connectivity index is 1.55. The van der Waals surface area contributed by atoms with Crippen molar-refractivity contribution in [1.29, 1.82) is 0 Å². The van der Waals surface area contributed by atoms with Gasteiger partial charge >= 0.3 is 6.03 Å². The number of aryl methyl sites for hydroxylation is 1. The molecule has 0 aliphatic rings. The minimum Gasteiger partial charge on any atom is -0.330 e. The second-order valence-electron chi connectivity index (χ2n) is 8.76. The van der Waals surface area contributed by atoms with Crippen molar-refractivity contribution in [2.75, 3.05) is 14.1 Å². The number of amides is 1. The average Bonchev–Trinajstić information content (AvgIpc) is 3.41. The molecule has 0 radical (unpaired) electrons. The molecule has 2 aromatic carbocycles. The monoisotopic (exact) mass is 480 g/mol. The van der Waals surface area contributed by atoms with Crippen LogP contribution in [0.1, 0.15) is 32.9 Å². The van der Waals surface area contributed by atoms with Crippen molar-refractivity contribution in [2.24, 2.45) is 0 Å². The molecule has 3 aromatic heterocycles. The largest absolute Gasteiger partial charge is 0.330 e. The maximum Gasteiger partial charge on any atom is 0.328 e. The van der Waals surface area contributed by atoms with Gasteiger partial charge in [-0.05, 0) is 18.2 Å². The van der Waals surface area contributed by atoms with Gasteiger partial charge in [-0.15, -0.1) is 6.42 Å². The first-order valence-electron chi connectivity index (χ1n) is 11.3. The highest BCUT2D eigenvalue weighted by Crippen LogP contribution is 2.28. The van der Waals surface area contributed by atoms with Crippen molar-refractivity contribution in [1.82, 2.24) is 19.4 Å². The van der Waals surface area contributed by atoms with Crippen LogP contribution in [0.15, 0.2) is 61.1 Å². The Morgan fingerprint density at radius 3 is 2.75 bits per heavy atom. The lowest BCUT2D eigenvalue weighted by Crippen LogP contribution is -2.36. The van der Waals surface area contributed by atoms with Gasteiger partial charge in [-0.1, -0.05) is 24.1 Å². The normalized spacial score (nSPS) is 11.1. The lowest BCUT2D eigenvalue weighted by molar-refractivity contribution is -0.668. The summed E-state index contributed by atoms with van der Waals surface area (Å²) in [5.41, 5.74) is 3.62. The van der Waals surface area contributed by atoms with Gasteiger partial charge < -0.3 is 4.90 Å². The smallest absolute Gasteiger partial charge is 0.328 e. The van der Waals surface area contributed by atoms with Gasteiger partial charge in [0.1, 0.15) is 12.4 Å². The number of benzene rings is 2. The van der Waals surface area contributed by atoms with E-state index in [4.69, 9.17) is 6.42 Å². The molecule has 0 atom stereocenters. The summed E-state index contributed by atoms with van der Waals surface area (Å²) < 4.78 is 18.6. The van der Waals surface area contributed by atoms with Crippen LogP contribution in [0.3, 0.4) is 0 Å². The summed E-state index contributed by atoms with van der Waals surface area (Å²) in [5, 5.41) is 0.489. The van der Waals surface area contributed by atoms with E-state index >= 15 is 4.39 Å². The van der Waals surface area contributed by atoms with E-state index in [9.17, 15) is 9.59 Å². The number of carbonyl (C=O) groups is 2. The number of nitrogens with zero attached hydrogens (tertiary/aromatic N) is 4. The topological polar surface area (TPSA) is 74.9 Å². The number of hydrogen-bond donors (Lipinski definition) is 1. The lowest BCUT2D eigenvalue weighted by Gasteiger charge is -2.11. The fourth-order valence-corrected chi connectivity index (χ4v) is 4.46. The number of hydrogen-bond acceptors (Lipinski definition) is 3. The maximum absolute atomic E-state index is 15.3. The summed E-state index contributed by atoms with van der Waals surface area (Å²) >= 11 is 0. The first-order chi connectivity index (χ1) is 17.3. The van der Waals surface area contributed by atoms with Crippen LogP contribution in [0.2, 0.25) is 0 Å². The van der Waals surface area contributed by atoms with Crippen LogP contribution in [-0.4, -0.2) is 45.3 Å². The summed E-state index contributed by atoms with van der Waals surface area (Å²) in [4.78, 5) is 35.1. The van der Waals surface area contributed by atoms with Crippen molar-refractivity contribution in [3.05, 3.63) is 95.0 Å². The zero-order valence-corrected chi connectivity index (χ0v) is 20.0. The molecule has 0 fully saturated rings. The van der Waals surface area contributed by atoms with Gasteiger partial charge in [0.2, 0.25) is 0 Å². The van der Waals surface area contributed by atoms with Gasteiger partial charge in [0.05, 0.1) is 11.7 Å². The molecule has 0 saturated heterocycles. The summed E-state index contributed by atoms with van der Waals surface area (Å²) in [6.45, 7) is 2.19. The van der Waals surface area contributed by atoms with Crippen LogP contribution in [0.5, 0.6) is 0 Å². The van der Waals surface area contributed by atoms with Crippen molar-refractivity contribution in [3.8, 4) is 12.3 Å². The van der Waals surface area contributed by atoms with Crippen LogP contribution in [-0.2, 0) is 6.54 Å². The number of aromatic amines is 1. The third kappa shape index (κ3) is 3.71.